The molecular weight excluding hydrogens is 420 g/mol. The molecule has 3 heteroatoms. The minimum atomic E-state index is -2.89. The van der Waals surface area contributed by atoms with Gasteiger partial charge >= 0.3 is 5.97 Å². The summed E-state index contributed by atoms with van der Waals surface area (Å²) < 4.78 is 84.9. The van der Waals surface area contributed by atoms with Gasteiger partial charge in [0.05, 0.1) is 0 Å². The standard InChI is InChI=1S/C31H50O3/c1-6-7-8-9-10-11-12-13-28(33)34-31(5)22(2)20-27-25-15-14-23-21-24(32)16-18-29(23,3)26(25)17-19-30(27,31)4/h21-22,25-27H,6-20H2,1-5H3/t22?,25-,26+,27+,29+,30+,31+/m1/s1/i3D3,4D3,5D3. The summed E-state index contributed by atoms with van der Waals surface area (Å²) in [5, 5.41) is 0. The van der Waals surface area contributed by atoms with E-state index >= 15 is 0 Å². The average Bonchev–Trinajstić information content (AvgIpc) is 3.16. The highest BCUT2D eigenvalue weighted by Gasteiger charge is 2.66. The Kier molecular flexibility index (Phi) is 4.93. The van der Waals surface area contributed by atoms with Crippen molar-refractivity contribution < 1.29 is 26.7 Å². The lowest BCUT2D eigenvalue weighted by molar-refractivity contribution is -0.186. The Hall–Kier alpha value is -1.12. The zero-order valence-corrected chi connectivity index (χ0v) is 21.2. The Labute approximate surface area is 221 Å². The van der Waals surface area contributed by atoms with Crippen molar-refractivity contribution in [3.8, 4) is 0 Å². The van der Waals surface area contributed by atoms with E-state index in [0.29, 0.717) is 24.8 Å². The van der Waals surface area contributed by atoms with Crippen LogP contribution in [0.15, 0.2) is 11.6 Å². The van der Waals surface area contributed by atoms with Gasteiger partial charge in [-0.25, -0.2) is 0 Å². The molecule has 192 valence electrons. The molecule has 7 atom stereocenters. The molecule has 0 aromatic heterocycles. The molecule has 0 aromatic rings. The van der Waals surface area contributed by atoms with Gasteiger partial charge in [-0.2, -0.15) is 0 Å². The smallest absolute Gasteiger partial charge is 0.306 e. The van der Waals surface area contributed by atoms with Gasteiger partial charge in [0.1, 0.15) is 5.60 Å². The molecular formula is C31H50O3. The molecule has 3 fully saturated rings. The highest BCUT2D eigenvalue weighted by molar-refractivity contribution is 5.91. The summed E-state index contributed by atoms with van der Waals surface area (Å²) in [4.78, 5) is 25.8. The summed E-state index contributed by atoms with van der Waals surface area (Å²) in [5.41, 5.74) is -4.62. The zero-order valence-electron chi connectivity index (χ0n) is 30.2. The molecule has 3 saturated carbocycles. The lowest BCUT2D eigenvalue weighted by Gasteiger charge is -2.59. The number of ether oxygens (including phenoxy) is 1. The summed E-state index contributed by atoms with van der Waals surface area (Å²) in [6, 6.07) is 0. The Morgan fingerprint density at radius 2 is 1.82 bits per heavy atom. The molecule has 0 N–H and O–H groups in total. The average molecular weight is 480 g/mol. The molecule has 0 aromatic carbocycles. The summed E-state index contributed by atoms with van der Waals surface area (Å²) in [6.45, 7) is -4.20. The van der Waals surface area contributed by atoms with Crippen molar-refractivity contribution in [1.29, 1.82) is 0 Å². The molecule has 3 nitrogen and oxygen atoms in total. The SMILES string of the molecule is [2H]C([2H])([2H])[C@]1(OC(=O)CCCCCCCCC)C(C)C[C@H]2[C@@H]3CCC4=CC(=O)CC[C@]4(C([2H])([2H])[2H])[C@H]3CC[C@@]21C([2H])([2H])[2H]. The first-order chi connectivity index (χ1) is 19.9. The summed E-state index contributed by atoms with van der Waals surface area (Å²) in [7, 11) is 0. The Morgan fingerprint density at radius 3 is 2.56 bits per heavy atom. The van der Waals surface area contributed by atoms with Crippen LogP contribution in [0.25, 0.3) is 0 Å². The number of rotatable bonds is 9. The second kappa shape index (κ2) is 10.1. The summed E-state index contributed by atoms with van der Waals surface area (Å²) in [5.74, 6) is -2.92. The molecule has 4 aliphatic carbocycles. The maximum Gasteiger partial charge on any atom is 0.306 e. The van der Waals surface area contributed by atoms with Crippen LogP contribution < -0.4 is 0 Å². The lowest BCUT2D eigenvalue weighted by atomic mass is 9.46. The van der Waals surface area contributed by atoms with Crippen molar-refractivity contribution in [3.63, 3.8) is 0 Å². The van der Waals surface area contributed by atoms with E-state index in [0.717, 1.165) is 32.1 Å². The summed E-state index contributed by atoms with van der Waals surface area (Å²) in [6.07, 6.45) is 9.97. The van der Waals surface area contributed by atoms with Crippen molar-refractivity contribution in [1.82, 2.24) is 0 Å². The number of fused-ring (bicyclic) bond motifs is 5. The molecule has 0 saturated heterocycles. The van der Waals surface area contributed by atoms with E-state index in [4.69, 9.17) is 17.1 Å². The quantitative estimate of drug-likeness (QED) is 0.247. The second-order valence-corrected chi connectivity index (χ2v) is 11.8. The van der Waals surface area contributed by atoms with Gasteiger partial charge in [-0.15, -0.1) is 0 Å². The fourth-order valence-electron chi connectivity index (χ4n) is 7.83. The maximum atomic E-state index is 13.4. The lowest BCUT2D eigenvalue weighted by Crippen LogP contribution is -2.56. The number of ketones is 1. The third kappa shape index (κ3) is 4.43. The van der Waals surface area contributed by atoms with Gasteiger partial charge in [-0.05, 0) is 87.0 Å². The normalized spacial score (nSPS) is 46.4. The van der Waals surface area contributed by atoms with Gasteiger partial charge in [0, 0.05) is 30.6 Å². The monoisotopic (exact) mass is 479 g/mol. The van der Waals surface area contributed by atoms with E-state index in [1.807, 2.05) is 0 Å². The number of esters is 1. The molecule has 0 spiro atoms. The highest BCUT2D eigenvalue weighted by atomic mass is 16.6. The zero-order chi connectivity index (χ0) is 32.1. The van der Waals surface area contributed by atoms with Gasteiger partial charge in [-0.1, -0.05) is 71.6 Å². The largest absolute Gasteiger partial charge is 0.458 e. The van der Waals surface area contributed by atoms with Crippen LogP contribution in [-0.4, -0.2) is 17.4 Å². The molecule has 34 heavy (non-hydrogen) atoms. The Bertz CT molecular complexity index is 1080. The number of carbonyl (C=O) groups excluding carboxylic acids is 2. The van der Waals surface area contributed by atoms with Crippen LogP contribution in [0, 0.1) is 34.5 Å². The highest BCUT2D eigenvalue weighted by Crippen LogP contribution is 2.69. The molecule has 0 amide bonds. The second-order valence-electron chi connectivity index (χ2n) is 11.8. The minimum absolute atomic E-state index is 0.0382. The predicted molar refractivity (Wildman–Crippen MR) is 138 cm³/mol. The maximum absolute atomic E-state index is 13.4. The molecule has 0 heterocycles. The van der Waals surface area contributed by atoms with Crippen LogP contribution in [0.3, 0.4) is 0 Å². The topological polar surface area (TPSA) is 43.4 Å². The third-order valence-corrected chi connectivity index (χ3v) is 9.79. The van der Waals surface area contributed by atoms with Gasteiger partial charge < -0.3 is 4.74 Å². The molecule has 0 bridgehead atoms. The van der Waals surface area contributed by atoms with E-state index < -0.39 is 60.7 Å². The first-order valence-electron chi connectivity index (χ1n) is 18.4. The van der Waals surface area contributed by atoms with E-state index in [1.54, 1.807) is 6.92 Å². The number of allylic oxidation sites excluding steroid dienone is 1. The molecule has 4 aliphatic rings. The number of carbonyl (C=O) groups is 2. The first-order valence-corrected chi connectivity index (χ1v) is 13.9. The first kappa shape index (κ1) is 16.6. The Morgan fingerprint density at radius 1 is 1.03 bits per heavy atom. The third-order valence-electron chi connectivity index (χ3n) is 9.79. The van der Waals surface area contributed by atoms with E-state index in [9.17, 15) is 9.59 Å². The number of hydrogen-bond acceptors (Lipinski definition) is 3. The van der Waals surface area contributed by atoms with Gasteiger partial charge in [-0.3, -0.25) is 9.59 Å². The van der Waals surface area contributed by atoms with Gasteiger partial charge in [0.15, 0.2) is 5.78 Å². The fourth-order valence-corrected chi connectivity index (χ4v) is 7.83. The van der Waals surface area contributed by atoms with Crippen molar-refractivity contribution in [2.24, 2.45) is 34.5 Å². The Balaban J connectivity index is 1.70. The number of hydrogen-bond donors (Lipinski definition) is 0. The van der Waals surface area contributed by atoms with Crippen molar-refractivity contribution in [3.05, 3.63) is 11.6 Å². The van der Waals surface area contributed by atoms with Crippen LogP contribution >= 0.6 is 0 Å². The van der Waals surface area contributed by atoms with Crippen LogP contribution in [0.5, 0.6) is 0 Å². The van der Waals surface area contributed by atoms with Gasteiger partial charge in [0.2, 0.25) is 0 Å². The van der Waals surface area contributed by atoms with Crippen molar-refractivity contribution in [2.75, 3.05) is 0 Å². The van der Waals surface area contributed by atoms with Crippen LogP contribution in [-0.2, 0) is 14.3 Å². The van der Waals surface area contributed by atoms with Crippen molar-refractivity contribution >= 4 is 11.8 Å². The fraction of sp³-hybridized carbons (Fsp3) is 0.871. The molecule has 1 unspecified atom stereocenters. The van der Waals surface area contributed by atoms with E-state index in [2.05, 4.69) is 6.92 Å². The predicted octanol–water partition coefficient (Wildman–Crippen LogP) is 8.21. The summed E-state index contributed by atoms with van der Waals surface area (Å²) >= 11 is 0. The van der Waals surface area contributed by atoms with E-state index in [1.165, 1.54) is 12.5 Å². The number of unbranched alkanes of at least 4 members (excludes halogenated alkanes) is 6. The molecule has 0 radical (unpaired) electrons. The van der Waals surface area contributed by atoms with Gasteiger partial charge in [0.25, 0.3) is 0 Å². The molecule has 4 rings (SSSR count). The minimum Gasteiger partial charge on any atom is -0.458 e. The van der Waals surface area contributed by atoms with Crippen LogP contribution in [0.2, 0.25) is 0 Å². The van der Waals surface area contributed by atoms with Crippen LogP contribution in [0.1, 0.15) is 143 Å². The molecule has 0 aliphatic heterocycles. The van der Waals surface area contributed by atoms with Crippen LogP contribution in [0.4, 0.5) is 0 Å². The van der Waals surface area contributed by atoms with Crippen molar-refractivity contribution in [2.45, 2.75) is 136 Å². The van der Waals surface area contributed by atoms with E-state index in [-0.39, 0.29) is 50.2 Å².